The Bertz CT molecular complexity index is 519. The summed E-state index contributed by atoms with van der Waals surface area (Å²) >= 11 is 0. The monoisotopic (exact) mass is 285 g/mol. The standard InChI is InChI=1S/C18H23NO2/c20-16-11-12-18(17(21)19-16,15-9-5-2-6-10-15)13-14-7-3-1-4-8-14/h2,5-6,9-10,14H,1,3-4,7-8,11-13H2,(H,19,20,21). The van der Waals surface area contributed by atoms with Crippen molar-refractivity contribution in [3.05, 3.63) is 35.9 Å². The average molecular weight is 285 g/mol. The van der Waals surface area contributed by atoms with E-state index in [2.05, 4.69) is 5.32 Å². The van der Waals surface area contributed by atoms with Crippen molar-refractivity contribution in [2.75, 3.05) is 0 Å². The highest BCUT2D eigenvalue weighted by Gasteiger charge is 2.45. The van der Waals surface area contributed by atoms with Gasteiger partial charge in [-0.1, -0.05) is 62.4 Å². The third kappa shape index (κ3) is 2.87. The lowest BCUT2D eigenvalue weighted by atomic mass is 9.66. The predicted octanol–water partition coefficient (Wildman–Crippen LogP) is 3.33. The summed E-state index contributed by atoms with van der Waals surface area (Å²) in [5, 5.41) is 2.58. The summed E-state index contributed by atoms with van der Waals surface area (Å²) in [5.74, 6) is 0.392. The van der Waals surface area contributed by atoms with Crippen LogP contribution >= 0.6 is 0 Å². The summed E-state index contributed by atoms with van der Waals surface area (Å²) in [6.07, 6.45) is 8.29. The molecule has 1 saturated heterocycles. The fourth-order valence-electron chi connectivity index (χ4n) is 3.98. The Labute approximate surface area is 126 Å². The molecule has 3 nitrogen and oxygen atoms in total. The van der Waals surface area contributed by atoms with Crippen LogP contribution < -0.4 is 5.32 Å². The number of imide groups is 1. The molecular formula is C18H23NO2. The molecule has 1 N–H and O–H groups in total. The van der Waals surface area contributed by atoms with E-state index in [9.17, 15) is 9.59 Å². The van der Waals surface area contributed by atoms with Gasteiger partial charge in [0.05, 0.1) is 5.41 Å². The Morgan fingerprint density at radius 3 is 2.43 bits per heavy atom. The lowest BCUT2D eigenvalue weighted by Crippen LogP contribution is -2.52. The van der Waals surface area contributed by atoms with Crippen molar-refractivity contribution in [3.8, 4) is 0 Å². The molecule has 1 aromatic carbocycles. The number of carbonyl (C=O) groups is 2. The molecule has 0 bridgehead atoms. The van der Waals surface area contributed by atoms with E-state index < -0.39 is 5.41 Å². The summed E-state index contributed by atoms with van der Waals surface area (Å²) in [7, 11) is 0. The highest BCUT2D eigenvalue weighted by atomic mass is 16.2. The highest BCUT2D eigenvalue weighted by Crippen LogP contribution is 2.42. The lowest BCUT2D eigenvalue weighted by Gasteiger charge is -2.39. The van der Waals surface area contributed by atoms with E-state index in [1.165, 1.54) is 32.1 Å². The summed E-state index contributed by atoms with van der Waals surface area (Å²) in [6, 6.07) is 10.0. The Morgan fingerprint density at radius 1 is 1.05 bits per heavy atom. The van der Waals surface area contributed by atoms with Crippen molar-refractivity contribution in [2.24, 2.45) is 5.92 Å². The lowest BCUT2D eigenvalue weighted by molar-refractivity contribution is -0.138. The molecular weight excluding hydrogens is 262 g/mol. The number of nitrogens with one attached hydrogen (secondary N) is 1. The third-order valence-electron chi connectivity index (χ3n) is 5.15. The number of hydrogen-bond acceptors (Lipinski definition) is 2. The molecule has 1 aromatic rings. The molecule has 3 rings (SSSR count). The maximum Gasteiger partial charge on any atom is 0.237 e. The largest absolute Gasteiger partial charge is 0.296 e. The van der Waals surface area contributed by atoms with E-state index in [-0.39, 0.29) is 11.8 Å². The van der Waals surface area contributed by atoms with Gasteiger partial charge in [0.15, 0.2) is 0 Å². The van der Waals surface area contributed by atoms with E-state index >= 15 is 0 Å². The SMILES string of the molecule is O=C1CCC(CC2CCCCC2)(c2ccccc2)C(=O)N1. The quantitative estimate of drug-likeness (QED) is 0.866. The maximum atomic E-state index is 12.7. The van der Waals surface area contributed by atoms with Crippen LogP contribution in [0.4, 0.5) is 0 Å². The summed E-state index contributed by atoms with van der Waals surface area (Å²) < 4.78 is 0. The number of rotatable bonds is 3. The molecule has 3 heteroatoms. The maximum absolute atomic E-state index is 12.7. The van der Waals surface area contributed by atoms with Gasteiger partial charge in [0, 0.05) is 6.42 Å². The molecule has 1 atom stereocenters. The number of amides is 2. The van der Waals surface area contributed by atoms with Gasteiger partial charge in [-0.2, -0.15) is 0 Å². The molecule has 1 unspecified atom stereocenters. The molecule has 0 aromatic heterocycles. The van der Waals surface area contributed by atoms with Crippen molar-refractivity contribution in [1.82, 2.24) is 5.32 Å². The first-order valence-electron chi connectivity index (χ1n) is 8.10. The third-order valence-corrected chi connectivity index (χ3v) is 5.15. The second kappa shape index (κ2) is 6.00. The van der Waals surface area contributed by atoms with Gasteiger partial charge in [0.2, 0.25) is 11.8 Å². The summed E-state index contributed by atoms with van der Waals surface area (Å²) in [4.78, 5) is 24.2. The Hall–Kier alpha value is -1.64. The van der Waals surface area contributed by atoms with Gasteiger partial charge >= 0.3 is 0 Å². The van der Waals surface area contributed by atoms with Gasteiger partial charge in [0.25, 0.3) is 0 Å². The van der Waals surface area contributed by atoms with E-state index in [4.69, 9.17) is 0 Å². The van der Waals surface area contributed by atoms with Crippen LogP contribution in [0.5, 0.6) is 0 Å². The van der Waals surface area contributed by atoms with Gasteiger partial charge < -0.3 is 0 Å². The normalized spacial score (nSPS) is 27.4. The van der Waals surface area contributed by atoms with Crippen LogP contribution in [-0.2, 0) is 15.0 Å². The summed E-state index contributed by atoms with van der Waals surface area (Å²) in [5.41, 5.74) is 0.567. The Balaban J connectivity index is 1.90. The smallest absolute Gasteiger partial charge is 0.237 e. The van der Waals surface area contributed by atoms with Crippen molar-refractivity contribution in [2.45, 2.75) is 56.8 Å². The van der Waals surface area contributed by atoms with E-state index in [1.54, 1.807) is 0 Å². The van der Waals surface area contributed by atoms with Crippen LogP contribution in [0.1, 0.15) is 56.9 Å². The molecule has 112 valence electrons. The second-order valence-electron chi connectivity index (χ2n) is 6.53. The number of hydrogen-bond donors (Lipinski definition) is 1. The van der Waals surface area contributed by atoms with Crippen molar-refractivity contribution in [1.29, 1.82) is 0 Å². The van der Waals surface area contributed by atoms with E-state index in [0.717, 1.165) is 12.0 Å². The molecule has 2 amide bonds. The minimum absolute atomic E-state index is 0.0875. The predicted molar refractivity (Wildman–Crippen MR) is 81.7 cm³/mol. The first-order valence-corrected chi connectivity index (χ1v) is 8.10. The highest BCUT2D eigenvalue weighted by molar-refractivity contribution is 6.03. The van der Waals surface area contributed by atoms with Gasteiger partial charge in [-0.3, -0.25) is 14.9 Å². The van der Waals surface area contributed by atoms with Crippen LogP contribution in [0.3, 0.4) is 0 Å². The fraction of sp³-hybridized carbons (Fsp3) is 0.556. The van der Waals surface area contributed by atoms with Crippen LogP contribution in [0.15, 0.2) is 30.3 Å². The van der Waals surface area contributed by atoms with Crippen LogP contribution in [0.25, 0.3) is 0 Å². The van der Waals surface area contributed by atoms with Gasteiger partial charge in [-0.05, 0) is 24.3 Å². The van der Waals surface area contributed by atoms with Crippen molar-refractivity contribution in [3.63, 3.8) is 0 Å². The van der Waals surface area contributed by atoms with Gasteiger partial charge in [0.1, 0.15) is 0 Å². The first kappa shape index (κ1) is 14.3. The fourth-order valence-corrected chi connectivity index (χ4v) is 3.98. The number of benzene rings is 1. The molecule has 1 saturated carbocycles. The Kier molecular flexibility index (Phi) is 4.09. The number of carbonyl (C=O) groups excluding carboxylic acids is 2. The minimum atomic E-state index is -0.503. The van der Waals surface area contributed by atoms with Crippen molar-refractivity contribution < 1.29 is 9.59 Å². The zero-order valence-corrected chi connectivity index (χ0v) is 12.4. The van der Waals surface area contributed by atoms with E-state index in [1.807, 2.05) is 30.3 Å². The van der Waals surface area contributed by atoms with E-state index in [0.29, 0.717) is 18.8 Å². The van der Waals surface area contributed by atoms with Crippen LogP contribution in [0, 0.1) is 5.92 Å². The van der Waals surface area contributed by atoms with Crippen LogP contribution in [0.2, 0.25) is 0 Å². The first-order chi connectivity index (χ1) is 10.2. The van der Waals surface area contributed by atoms with Crippen molar-refractivity contribution >= 4 is 11.8 Å². The average Bonchev–Trinajstić information content (AvgIpc) is 2.52. The topological polar surface area (TPSA) is 46.2 Å². The summed E-state index contributed by atoms with van der Waals surface area (Å²) in [6.45, 7) is 0. The zero-order valence-electron chi connectivity index (χ0n) is 12.4. The second-order valence-corrected chi connectivity index (χ2v) is 6.53. The van der Waals surface area contributed by atoms with Gasteiger partial charge in [-0.25, -0.2) is 0 Å². The zero-order chi connectivity index (χ0) is 14.7. The van der Waals surface area contributed by atoms with Crippen LogP contribution in [-0.4, -0.2) is 11.8 Å². The molecule has 1 heterocycles. The minimum Gasteiger partial charge on any atom is -0.296 e. The Morgan fingerprint density at radius 2 is 1.76 bits per heavy atom. The molecule has 2 aliphatic rings. The van der Waals surface area contributed by atoms with Gasteiger partial charge in [-0.15, -0.1) is 0 Å². The molecule has 21 heavy (non-hydrogen) atoms. The molecule has 0 spiro atoms. The molecule has 1 aliphatic carbocycles. The molecule has 1 aliphatic heterocycles. The molecule has 2 fully saturated rings. The molecule has 0 radical (unpaired) electrons. The number of piperidine rings is 1.